The Bertz CT molecular complexity index is 749. The van der Waals surface area contributed by atoms with Crippen molar-refractivity contribution in [2.75, 3.05) is 0 Å². The van der Waals surface area contributed by atoms with Gasteiger partial charge in [0.15, 0.2) is 5.03 Å². The van der Waals surface area contributed by atoms with Gasteiger partial charge in [-0.15, -0.1) is 0 Å². The maximum atomic E-state index is 11.5. The van der Waals surface area contributed by atoms with Gasteiger partial charge in [0, 0.05) is 27.7 Å². The summed E-state index contributed by atoms with van der Waals surface area (Å²) in [6.45, 7) is 4.16. The lowest BCUT2D eigenvalue weighted by Crippen LogP contribution is -2.12. The first kappa shape index (κ1) is 16.3. The molecule has 0 amide bonds. The molecule has 0 saturated heterocycles. The van der Waals surface area contributed by atoms with Crippen molar-refractivity contribution >= 4 is 33.2 Å². The topological polar surface area (TPSA) is 78.0 Å². The molecule has 0 aliphatic carbocycles. The predicted octanol–water partition coefficient (Wildman–Crippen LogP) is 3.01. The molecular weight excluding hydrogens is 333 g/mol. The van der Waals surface area contributed by atoms with E-state index in [0.29, 0.717) is 28.0 Å². The maximum absolute atomic E-state index is 11.5. The van der Waals surface area contributed by atoms with Gasteiger partial charge in [-0.1, -0.05) is 43.1 Å². The minimum atomic E-state index is -3.85. The Morgan fingerprint density at radius 1 is 1.29 bits per heavy atom. The number of nitrogens with zero attached hydrogens (tertiary/aromatic N) is 2. The molecule has 0 fully saturated rings. The van der Waals surface area contributed by atoms with Crippen molar-refractivity contribution in [2.45, 2.75) is 31.3 Å². The molecule has 0 spiro atoms. The fraction of sp³-hybridized carbons (Fsp3) is 0.308. The fourth-order valence-electron chi connectivity index (χ4n) is 1.98. The molecule has 0 aliphatic rings. The van der Waals surface area contributed by atoms with Crippen LogP contribution in [0, 0.1) is 0 Å². The van der Waals surface area contributed by atoms with E-state index >= 15 is 0 Å². The predicted molar refractivity (Wildman–Crippen MR) is 83.3 cm³/mol. The average Bonchev–Trinajstić information content (AvgIpc) is 2.78. The molecule has 2 N–H and O–H groups in total. The smallest absolute Gasteiger partial charge is 0.257 e. The second kappa shape index (κ2) is 5.96. The summed E-state index contributed by atoms with van der Waals surface area (Å²) in [5.74, 6) is 0.636. The van der Waals surface area contributed by atoms with Crippen LogP contribution in [0.25, 0.3) is 0 Å². The van der Waals surface area contributed by atoms with Crippen LogP contribution >= 0.6 is 23.2 Å². The van der Waals surface area contributed by atoms with Gasteiger partial charge < -0.3 is 4.57 Å². The summed E-state index contributed by atoms with van der Waals surface area (Å²) in [4.78, 5) is 4.10. The molecule has 8 heteroatoms. The molecule has 2 rings (SSSR count). The summed E-state index contributed by atoms with van der Waals surface area (Å²) >= 11 is 12.3. The summed E-state index contributed by atoms with van der Waals surface area (Å²) in [6, 6.07) is 5.21. The van der Waals surface area contributed by atoms with Crippen molar-refractivity contribution < 1.29 is 8.42 Å². The second-order valence-corrected chi connectivity index (χ2v) is 7.29. The van der Waals surface area contributed by atoms with Crippen molar-refractivity contribution in [2.24, 2.45) is 5.14 Å². The highest BCUT2D eigenvalue weighted by atomic mass is 35.5. The van der Waals surface area contributed by atoms with E-state index in [1.165, 1.54) is 6.20 Å². The minimum Gasteiger partial charge on any atom is -0.329 e. The van der Waals surface area contributed by atoms with Crippen molar-refractivity contribution in [3.63, 3.8) is 0 Å². The van der Waals surface area contributed by atoms with Gasteiger partial charge in [0.05, 0.1) is 6.54 Å². The zero-order chi connectivity index (χ0) is 15.8. The molecule has 21 heavy (non-hydrogen) atoms. The van der Waals surface area contributed by atoms with E-state index in [2.05, 4.69) is 4.98 Å². The molecule has 5 nitrogen and oxygen atoms in total. The summed E-state index contributed by atoms with van der Waals surface area (Å²) < 4.78 is 24.6. The Morgan fingerprint density at radius 2 is 1.86 bits per heavy atom. The standard InChI is InChI=1S/C13H15Cl2N3O2S/c1-8(2)13-17-12(21(16,19)20)7-18(13)6-9-10(14)4-3-5-11(9)15/h3-5,7-8H,6H2,1-2H3,(H2,16,19,20). The van der Waals surface area contributed by atoms with Crippen LogP contribution in [0.2, 0.25) is 10.0 Å². The number of aromatic nitrogens is 2. The van der Waals surface area contributed by atoms with Gasteiger partial charge in [-0.3, -0.25) is 0 Å². The lowest BCUT2D eigenvalue weighted by molar-refractivity contribution is 0.594. The number of sulfonamides is 1. The number of imidazole rings is 1. The number of rotatable bonds is 4. The number of hydrogen-bond donors (Lipinski definition) is 1. The minimum absolute atomic E-state index is 0.0294. The number of benzene rings is 1. The lowest BCUT2D eigenvalue weighted by atomic mass is 10.2. The molecule has 2 aromatic rings. The van der Waals surface area contributed by atoms with E-state index in [4.69, 9.17) is 28.3 Å². The van der Waals surface area contributed by atoms with E-state index in [0.717, 1.165) is 0 Å². The van der Waals surface area contributed by atoms with Gasteiger partial charge in [-0.05, 0) is 12.1 Å². The summed E-state index contributed by atoms with van der Waals surface area (Å²) in [6.07, 6.45) is 1.41. The highest BCUT2D eigenvalue weighted by molar-refractivity contribution is 7.89. The van der Waals surface area contributed by atoms with Crippen LogP contribution in [0.1, 0.15) is 31.2 Å². The van der Waals surface area contributed by atoms with Gasteiger partial charge in [0.1, 0.15) is 5.82 Å². The zero-order valence-electron chi connectivity index (χ0n) is 11.5. The van der Waals surface area contributed by atoms with Crippen LogP contribution in [0.3, 0.4) is 0 Å². The lowest BCUT2D eigenvalue weighted by Gasteiger charge is -2.12. The summed E-state index contributed by atoms with van der Waals surface area (Å²) in [7, 11) is -3.85. The first-order chi connectivity index (χ1) is 9.70. The zero-order valence-corrected chi connectivity index (χ0v) is 13.9. The highest BCUT2D eigenvalue weighted by Gasteiger charge is 2.19. The van der Waals surface area contributed by atoms with Gasteiger partial charge in [-0.2, -0.15) is 0 Å². The highest BCUT2D eigenvalue weighted by Crippen LogP contribution is 2.27. The molecule has 0 unspecified atom stereocenters. The summed E-state index contributed by atoms with van der Waals surface area (Å²) in [5, 5.41) is 6.01. The molecule has 0 saturated carbocycles. The SMILES string of the molecule is CC(C)c1nc(S(N)(=O)=O)cn1Cc1c(Cl)cccc1Cl. The Hall–Kier alpha value is -1.08. The van der Waals surface area contributed by atoms with Gasteiger partial charge in [-0.25, -0.2) is 18.5 Å². The summed E-state index contributed by atoms with van der Waals surface area (Å²) in [5.41, 5.74) is 0.709. The fourth-order valence-corrected chi connectivity index (χ4v) is 3.00. The van der Waals surface area contributed by atoms with Crippen molar-refractivity contribution in [3.8, 4) is 0 Å². The number of hydrogen-bond acceptors (Lipinski definition) is 3. The molecule has 0 bridgehead atoms. The molecule has 114 valence electrons. The van der Waals surface area contributed by atoms with E-state index in [1.54, 1.807) is 22.8 Å². The molecule has 1 aromatic heterocycles. The monoisotopic (exact) mass is 347 g/mol. The van der Waals surface area contributed by atoms with Gasteiger partial charge >= 0.3 is 0 Å². The van der Waals surface area contributed by atoms with E-state index in [9.17, 15) is 8.42 Å². The van der Waals surface area contributed by atoms with Crippen molar-refractivity contribution in [1.29, 1.82) is 0 Å². The molecule has 0 atom stereocenters. The Kier molecular flexibility index (Phi) is 4.63. The third-order valence-electron chi connectivity index (χ3n) is 2.98. The van der Waals surface area contributed by atoms with Gasteiger partial charge in [0.2, 0.25) is 0 Å². The van der Waals surface area contributed by atoms with Crippen molar-refractivity contribution in [3.05, 3.63) is 45.8 Å². The third kappa shape index (κ3) is 3.58. The van der Waals surface area contributed by atoms with E-state index in [1.807, 2.05) is 13.8 Å². The quantitative estimate of drug-likeness (QED) is 0.923. The Morgan fingerprint density at radius 3 is 2.33 bits per heavy atom. The molecular formula is C13H15Cl2N3O2S. The maximum Gasteiger partial charge on any atom is 0.257 e. The Labute approximate surface area is 133 Å². The largest absolute Gasteiger partial charge is 0.329 e. The Balaban J connectivity index is 2.51. The molecule has 0 aliphatic heterocycles. The van der Waals surface area contributed by atoms with Crippen LogP contribution in [0.15, 0.2) is 29.4 Å². The molecule has 1 aromatic carbocycles. The van der Waals surface area contributed by atoms with Crippen LogP contribution in [0.4, 0.5) is 0 Å². The number of primary sulfonamides is 1. The molecule has 1 heterocycles. The van der Waals surface area contributed by atoms with E-state index in [-0.39, 0.29) is 10.9 Å². The second-order valence-electron chi connectivity index (χ2n) is 4.97. The third-order valence-corrected chi connectivity index (χ3v) is 4.47. The number of halogens is 2. The van der Waals surface area contributed by atoms with Crippen LogP contribution < -0.4 is 5.14 Å². The first-order valence-electron chi connectivity index (χ1n) is 6.23. The normalized spacial score (nSPS) is 12.1. The number of nitrogens with two attached hydrogens (primary N) is 1. The van der Waals surface area contributed by atoms with Crippen molar-refractivity contribution in [1.82, 2.24) is 9.55 Å². The average molecular weight is 348 g/mol. The van der Waals surface area contributed by atoms with E-state index < -0.39 is 10.0 Å². The van der Waals surface area contributed by atoms with Gasteiger partial charge in [0.25, 0.3) is 10.0 Å². The first-order valence-corrected chi connectivity index (χ1v) is 8.53. The molecule has 0 radical (unpaired) electrons. The van der Waals surface area contributed by atoms with Crippen LogP contribution in [-0.2, 0) is 16.6 Å². The van der Waals surface area contributed by atoms with Crippen LogP contribution in [0.5, 0.6) is 0 Å². The van der Waals surface area contributed by atoms with Crippen LogP contribution in [-0.4, -0.2) is 18.0 Å².